The van der Waals surface area contributed by atoms with E-state index in [-0.39, 0.29) is 23.7 Å². The highest BCUT2D eigenvalue weighted by atomic mass is 16.5. The normalized spacial score (nSPS) is 11.7. The molecule has 1 atom stereocenters. The summed E-state index contributed by atoms with van der Waals surface area (Å²) in [5, 5.41) is 6.11. The van der Waals surface area contributed by atoms with E-state index in [1.54, 1.807) is 12.3 Å². The maximum atomic E-state index is 12.5. The first-order valence-corrected chi connectivity index (χ1v) is 9.23. The summed E-state index contributed by atoms with van der Waals surface area (Å²) in [6.45, 7) is 5.92. The van der Waals surface area contributed by atoms with Crippen LogP contribution in [0.3, 0.4) is 0 Å². The van der Waals surface area contributed by atoms with Crippen molar-refractivity contribution in [1.29, 1.82) is 0 Å². The van der Waals surface area contributed by atoms with Gasteiger partial charge in [0.25, 0.3) is 5.91 Å². The van der Waals surface area contributed by atoms with Crippen LogP contribution in [0.25, 0.3) is 0 Å². The molecule has 0 saturated carbocycles. The van der Waals surface area contributed by atoms with Gasteiger partial charge in [-0.1, -0.05) is 42.5 Å². The number of para-hydroxylation sites is 2. The van der Waals surface area contributed by atoms with Crippen LogP contribution in [0.5, 0.6) is 5.75 Å². The van der Waals surface area contributed by atoms with Gasteiger partial charge in [-0.3, -0.25) is 4.79 Å². The van der Waals surface area contributed by atoms with Crippen molar-refractivity contribution in [3.63, 3.8) is 0 Å². The van der Waals surface area contributed by atoms with Crippen LogP contribution in [0.15, 0.2) is 67.0 Å². The lowest BCUT2D eigenvalue weighted by atomic mass is 10.1. The van der Waals surface area contributed by atoms with E-state index < -0.39 is 0 Å². The van der Waals surface area contributed by atoms with E-state index in [1.807, 2.05) is 69.3 Å². The molecule has 28 heavy (non-hydrogen) atoms. The fourth-order valence-electron chi connectivity index (χ4n) is 2.68. The van der Waals surface area contributed by atoms with Gasteiger partial charge >= 0.3 is 0 Å². The van der Waals surface area contributed by atoms with Gasteiger partial charge < -0.3 is 15.4 Å². The number of anilines is 2. The summed E-state index contributed by atoms with van der Waals surface area (Å²) in [5.74, 6) is 0.889. The molecule has 0 aliphatic rings. The largest absolute Gasteiger partial charge is 0.489 e. The summed E-state index contributed by atoms with van der Waals surface area (Å²) in [6.07, 6.45) is 3.03. The van der Waals surface area contributed by atoms with Gasteiger partial charge in [-0.2, -0.15) is 0 Å². The predicted molar refractivity (Wildman–Crippen MR) is 111 cm³/mol. The number of carbonyl (C=O) groups is 1. The molecule has 1 amide bonds. The number of hydrogen-bond acceptors (Lipinski definition) is 5. The molecule has 6 nitrogen and oxygen atoms in total. The van der Waals surface area contributed by atoms with E-state index in [0.717, 1.165) is 5.56 Å². The zero-order valence-corrected chi connectivity index (χ0v) is 16.2. The standard InChI is InChI=1S/C22H24N4O2/c1-15(2)28-20-12-8-7-11-18(20)26-22(27)19-13-24-21(14-23-19)25-16(3)17-9-5-4-6-10-17/h4-16H,1-3H3,(H,24,25)(H,26,27). The average Bonchev–Trinajstić information content (AvgIpc) is 2.70. The number of aromatic nitrogens is 2. The van der Waals surface area contributed by atoms with E-state index in [2.05, 4.69) is 20.6 Å². The van der Waals surface area contributed by atoms with Gasteiger partial charge in [0.05, 0.1) is 24.2 Å². The van der Waals surface area contributed by atoms with Crippen molar-refractivity contribution in [2.45, 2.75) is 32.9 Å². The van der Waals surface area contributed by atoms with E-state index in [0.29, 0.717) is 17.3 Å². The summed E-state index contributed by atoms with van der Waals surface area (Å²) < 4.78 is 5.73. The number of amides is 1. The van der Waals surface area contributed by atoms with Crippen LogP contribution in [0.1, 0.15) is 42.9 Å². The van der Waals surface area contributed by atoms with Gasteiger partial charge in [-0.05, 0) is 38.5 Å². The first kappa shape index (κ1) is 19.4. The van der Waals surface area contributed by atoms with Crippen LogP contribution in [-0.4, -0.2) is 22.0 Å². The summed E-state index contributed by atoms with van der Waals surface area (Å²) in [6, 6.07) is 17.4. The molecule has 6 heteroatoms. The van der Waals surface area contributed by atoms with Crippen LogP contribution < -0.4 is 15.4 Å². The molecule has 0 bridgehead atoms. The molecule has 1 heterocycles. The van der Waals surface area contributed by atoms with Crippen molar-refractivity contribution < 1.29 is 9.53 Å². The molecule has 2 aromatic carbocycles. The average molecular weight is 376 g/mol. The second-order valence-corrected chi connectivity index (χ2v) is 6.68. The van der Waals surface area contributed by atoms with Crippen LogP contribution in [0, 0.1) is 0 Å². The molecule has 0 aliphatic carbocycles. The zero-order chi connectivity index (χ0) is 19.9. The smallest absolute Gasteiger partial charge is 0.275 e. The molecule has 0 saturated heterocycles. The number of hydrogen-bond donors (Lipinski definition) is 2. The first-order chi connectivity index (χ1) is 13.5. The lowest BCUT2D eigenvalue weighted by Gasteiger charge is -2.15. The van der Waals surface area contributed by atoms with Gasteiger partial charge in [0, 0.05) is 6.04 Å². The lowest BCUT2D eigenvalue weighted by Crippen LogP contribution is -2.16. The van der Waals surface area contributed by atoms with E-state index in [1.165, 1.54) is 6.20 Å². The summed E-state index contributed by atoms with van der Waals surface area (Å²) in [7, 11) is 0. The third-order valence-electron chi connectivity index (χ3n) is 4.05. The molecule has 0 fully saturated rings. The van der Waals surface area contributed by atoms with Gasteiger partial charge in [0.15, 0.2) is 0 Å². The van der Waals surface area contributed by atoms with Crippen LogP contribution >= 0.6 is 0 Å². The minimum atomic E-state index is -0.338. The van der Waals surface area contributed by atoms with Crippen LogP contribution in [-0.2, 0) is 0 Å². The summed E-state index contributed by atoms with van der Waals surface area (Å²) in [5.41, 5.74) is 1.98. The number of carbonyl (C=O) groups excluding carboxylic acids is 1. The molecule has 0 radical (unpaired) electrons. The molecule has 3 rings (SSSR count). The third-order valence-corrected chi connectivity index (χ3v) is 4.05. The van der Waals surface area contributed by atoms with Gasteiger partial charge in [-0.15, -0.1) is 0 Å². The molecule has 144 valence electrons. The number of ether oxygens (including phenoxy) is 1. The van der Waals surface area contributed by atoms with Crippen molar-refractivity contribution in [1.82, 2.24) is 9.97 Å². The molecule has 0 aliphatic heterocycles. The monoisotopic (exact) mass is 376 g/mol. The topological polar surface area (TPSA) is 76.1 Å². The number of rotatable bonds is 7. The number of nitrogens with zero attached hydrogens (tertiary/aromatic N) is 2. The molecule has 1 aromatic heterocycles. The first-order valence-electron chi connectivity index (χ1n) is 9.23. The number of benzene rings is 2. The van der Waals surface area contributed by atoms with Crippen molar-refractivity contribution in [3.05, 3.63) is 78.2 Å². The van der Waals surface area contributed by atoms with E-state index in [9.17, 15) is 4.79 Å². The van der Waals surface area contributed by atoms with Crippen LogP contribution in [0.4, 0.5) is 11.5 Å². The second-order valence-electron chi connectivity index (χ2n) is 6.68. The van der Waals surface area contributed by atoms with Gasteiger partial charge in [-0.25, -0.2) is 9.97 Å². The number of nitrogens with one attached hydrogen (secondary N) is 2. The van der Waals surface area contributed by atoms with E-state index in [4.69, 9.17) is 4.74 Å². The van der Waals surface area contributed by atoms with Gasteiger partial charge in [0.1, 0.15) is 17.3 Å². The Kier molecular flexibility index (Phi) is 6.22. The molecule has 1 unspecified atom stereocenters. The summed E-state index contributed by atoms with van der Waals surface area (Å²) >= 11 is 0. The third kappa shape index (κ3) is 5.07. The fourth-order valence-corrected chi connectivity index (χ4v) is 2.68. The fraction of sp³-hybridized carbons (Fsp3) is 0.227. The molecule has 3 aromatic rings. The van der Waals surface area contributed by atoms with Crippen molar-refractivity contribution in [3.8, 4) is 5.75 Å². The van der Waals surface area contributed by atoms with Crippen molar-refractivity contribution >= 4 is 17.4 Å². The highest BCUT2D eigenvalue weighted by Crippen LogP contribution is 2.25. The Hall–Kier alpha value is -3.41. The van der Waals surface area contributed by atoms with Gasteiger partial charge in [0.2, 0.25) is 0 Å². The second kappa shape index (κ2) is 8.99. The molecule has 2 N–H and O–H groups in total. The molecular weight excluding hydrogens is 352 g/mol. The Balaban J connectivity index is 1.66. The maximum absolute atomic E-state index is 12.5. The van der Waals surface area contributed by atoms with Crippen molar-refractivity contribution in [2.24, 2.45) is 0 Å². The Morgan fingerprint density at radius 3 is 2.32 bits per heavy atom. The quantitative estimate of drug-likeness (QED) is 0.626. The predicted octanol–water partition coefficient (Wildman–Crippen LogP) is 4.69. The highest BCUT2D eigenvalue weighted by Gasteiger charge is 2.13. The minimum absolute atomic E-state index is 0.00908. The van der Waals surface area contributed by atoms with E-state index >= 15 is 0 Å². The Bertz CT molecular complexity index is 911. The maximum Gasteiger partial charge on any atom is 0.275 e. The molecular formula is C22H24N4O2. The molecule has 0 spiro atoms. The minimum Gasteiger partial charge on any atom is -0.489 e. The van der Waals surface area contributed by atoms with Crippen LogP contribution in [0.2, 0.25) is 0 Å². The zero-order valence-electron chi connectivity index (χ0n) is 16.2. The summed E-state index contributed by atoms with van der Waals surface area (Å²) in [4.78, 5) is 21.1. The highest BCUT2D eigenvalue weighted by molar-refractivity contribution is 6.03. The Morgan fingerprint density at radius 2 is 1.64 bits per heavy atom. The lowest BCUT2D eigenvalue weighted by molar-refractivity contribution is 0.102. The SMILES string of the molecule is CC(C)Oc1ccccc1NC(=O)c1cnc(NC(C)c2ccccc2)cn1. The Labute approximate surface area is 165 Å². The Morgan fingerprint density at radius 1 is 0.929 bits per heavy atom. The van der Waals surface area contributed by atoms with Crippen molar-refractivity contribution in [2.75, 3.05) is 10.6 Å².